The third-order valence-electron chi connectivity index (χ3n) is 2.08. The number of carbonyl (C=O) groups excluding carboxylic acids is 1. The van der Waals surface area contributed by atoms with Crippen molar-refractivity contribution in [3.05, 3.63) is 0 Å². The molecule has 0 aromatic heterocycles. The highest BCUT2D eigenvalue weighted by Crippen LogP contribution is 2.09. The third-order valence-corrected chi connectivity index (χ3v) is 2.08. The Bertz CT molecular complexity index is 189. The molecule has 5 heteroatoms. The van der Waals surface area contributed by atoms with Crippen molar-refractivity contribution in [2.75, 3.05) is 19.8 Å². The van der Waals surface area contributed by atoms with Gasteiger partial charge in [0.15, 0.2) is 0 Å². The fraction of sp³-hybridized carbons (Fsp3) is 0.889. The van der Waals surface area contributed by atoms with Gasteiger partial charge in [0.1, 0.15) is 5.60 Å². The van der Waals surface area contributed by atoms with Gasteiger partial charge < -0.3 is 20.2 Å². The van der Waals surface area contributed by atoms with Crippen molar-refractivity contribution in [1.82, 2.24) is 4.90 Å². The van der Waals surface area contributed by atoms with Gasteiger partial charge in [-0.1, -0.05) is 0 Å². The number of hydrogen-bond acceptors (Lipinski definition) is 4. The van der Waals surface area contributed by atoms with Gasteiger partial charge in [-0.25, -0.2) is 0 Å². The summed E-state index contributed by atoms with van der Waals surface area (Å²) in [5.74, 6) is -0.194. The van der Waals surface area contributed by atoms with Gasteiger partial charge in [-0.2, -0.15) is 0 Å². The van der Waals surface area contributed by atoms with Gasteiger partial charge in [-0.3, -0.25) is 4.79 Å². The predicted octanol–water partition coefficient (Wildman–Crippen LogP) is -1.04. The van der Waals surface area contributed by atoms with E-state index in [0.717, 1.165) is 0 Å². The van der Waals surface area contributed by atoms with Crippen LogP contribution in [0.4, 0.5) is 0 Å². The predicted molar refractivity (Wildman–Crippen MR) is 51.6 cm³/mol. The van der Waals surface area contributed by atoms with Crippen LogP contribution < -0.4 is 0 Å². The molecule has 0 heterocycles. The first-order valence-electron chi connectivity index (χ1n) is 4.57. The Morgan fingerprint density at radius 2 is 1.79 bits per heavy atom. The quantitative estimate of drug-likeness (QED) is 0.535. The van der Waals surface area contributed by atoms with Crippen LogP contribution in [0.1, 0.15) is 20.8 Å². The van der Waals surface area contributed by atoms with E-state index in [9.17, 15) is 9.90 Å². The van der Waals surface area contributed by atoms with Gasteiger partial charge in [0.2, 0.25) is 5.91 Å². The highest BCUT2D eigenvalue weighted by molar-refractivity contribution is 5.73. The number of rotatable bonds is 5. The third kappa shape index (κ3) is 3.61. The van der Waals surface area contributed by atoms with E-state index in [1.54, 1.807) is 13.8 Å². The van der Waals surface area contributed by atoms with E-state index in [2.05, 4.69) is 0 Å². The maximum absolute atomic E-state index is 11.1. The lowest BCUT2D eigenvalue weighted by Gasteiger charge is -2.33. The summed E-state index contributed by atoms with van der Waals surface area (Å²) in [5.41, 5.74) is -1.62. The molecule has 0 spiro atoms. The maximum Gasteiger partial charge on any atom is 0.219 e. The summed E-state index contributed by atoms with van der Waals surface area (Å²) in [6.07, 6.45) is 0. The lowest BCUT2D eigenvalue weighted by atomic mass is 10.1. The van der Waals surface area contributed by atoms with Crippen LogP contribution in [0.2, 0.25) is 0 Å². The smallest absolute Gasteiger partial charge is 0.219 e. The molecule has 0 unspecified atom stereocenters. The standard InChI is InChI=1S/C9H19NO4/c1-7(2)10(8(3)13)4-9(14,5-11)6-12/h7,11-12,14H,4-6H2,1-3H3. The average molecular weight is 205 g/mol. The van der Waals surface area contributed by atoms with Crippen molar-refractivity contribution >= 4 is 5.91 Å². The van der Waals surface area contributed by atoms with Crippen molar-refractivity contribution in [3.8, 4) is 0 Å². The summed E-state index contributed by atoms with van der Waals surface area (Å²) in [6.45, 7) is 3.79. The van der Waals surface area contributed by atoms with Crippen LogP contribution in [0.25, 0.3) is 0 Å². The largest absolute Gasteiger partial charge is 0.393 e. The van der Waals surface area contributed by atoms with Crippen LogP contribution in [0, 0.1) is 0 Å². The van der Waals surface area contributed by atoms with Gasteiger partial charge in [0.25, 0.3) is 0 Å². The zero-order valence-corrected chi connectivity index (χ0v) is 8.90. The molecule has 0 radical (unpaired) electrons. The van der Waals surface area contributed by atoms with Crippen LogP contribution in [0.5, 0.6) is 0 Å². The molecule has 0 fully saturated rings. The van der Waals surface area contributed by atoms with Crippen LogP contribution >= 0.6 is 0 Å². The number of nitrogens with zero attached hydrogens (tertiary/aromatic N) is 1. The number of carbonyl (C=O) groups is 1. The Hall–Kier alpha value is -0.650. The summed E-state index contributed by atoms with van der Waals surface area (Å²) < 4.78 is 0. The van der Waals surface area contributed by atoms with E-state index in [1.165, 1.54) is 11.8 Å². The molecular formula is C9H19NO4. The zero-order chi connectivity index (χ0) is 11.4. The molecular weight excluding hydrogens is 186 g/mol. The summed E-state index contributed by atoms with van der Waals surface area (Å²) in [7, 11) is 0. The number of aliphatic hydroxyl groups is 3. The molecule has 5 nitrogen and oxygen atoms in total. The minimum atomic E-state index is -1.62. The highest BCUT2D eigenvalue weighted by atomic mass is 16.4. The number of aliphatic hydroxyl groups excluding tert-OH is 2. The summed E-state index contributed by atoms with van der Waals surface area (Å²) in [5, 5.41) is 27.3. The van der Waals surface area contributed by atoms with Gasteiger partial charge in [0.05, 0.1) is 19.8 Å². The second kappa shape index (κ2) is 5.29. The molecule has 0 aliphatic carbocycles. The number of hydrogen-bond donors (Lipinski definition) is 3. The van der Waals surface area contributed by atoms with Crippen LogP contribution in [-0.2, 0) is 4.79 Å². The Kier molecular flexibility index (Phi) is 5.04. The molecule has 0 saturated heterocycles. The van der Waals surface area contributed by atoms with Gasteiger partial charge in [0, 0.05) is 13.0 Å². The zero-order valence-electron chi connectivity index (χ0n) is 8.90. The van der Waals surface area contributed by atoms with Gasteiger partial charge in [-0.15, -0.1) is 0 Å². The average Bonchev–Trinajstić information content (AvgIpc) is 2.13. The first kappa shape index (κ1) is 13.4. The monoisotopic (exact) mass is 205 g/mol. The second-order valence-electron chi connectivity index (χ2n) is 3.78. The molecule has 84 valence electrons. The van der Waals surface area contributed by atoms with Crippen molar-refractivity contribution in [3.63, 3.8) is 0 Å². The summed E-state index contributed by atoms with van der Waals surface area (Å²) in [4.78, 5) is 12.5. The fourth-order valence-corrected chi connectivity index (χ4v) is 1.12. The Labute approximate surface area is 84.0 Å². The van der Waals surface area contributed by atoms with E-state index in [4.69, 9.17) is 10.2 Å². The topological polar surface area (TPSA) is 81.0 Å². The van der Waals surface area contributed by atoms with Crippen LogP contribution in [0.15, 0.2) is 0 Å². The van der Waals surface area contributed by atoms with Crippen molar-refractivity contribution in [2.45, 2.75) is 32.4 Å². The molecule has 0 atom stereocenters. The molecule has 0 rings (SSSR count). The van der Waals surface area contributed by atoms with Crippen LogP contribution in [0.3, 0.4) is 0 Å². The Balaban J connectivity index is 4.50. The second-order valence-corrected chi connectivity index (χ2v) is 3.78. The minimum Gasteiger partial charge on any atom is -0.393 e. The molecule has 14 heavy (non-hydrogen) atoms. The normalized spacial score (nSPS) is 11.9. The molecule has 0 aliphatic rings. The van der Waals surface area contributed by atoms with Gasteiger partial charge in [-0.05, 0) is 13.8 Å². The fourth-order valence-electron chi connectivity index (χ4n) is 1.12. The Morgan fingerprint density at radius 1 is 1.36 bits per heavy atom. The van der Waals surface area contributed by atoms with Crippen molar-refractivity contribution in [1.29, 1.82) is 0 Å². The summed E-state index contributed by atoms with van der Waals surface area (Å²) >= 11 is 0. The molecule has 0 saturated carbocycles. The minimum absolute atomic E-state index is 0.0625. The SMILES string of the molecule is CC(=O)N(CC(O)(CO)CO)C(C)C. The van der Waals surface area contributed by atoms with E-state index >= 15 is 0 Å². The van der Waals surface area contributed by atoms with E-state index < -0.39 is 18.8 Å². The molecule has 0 aromatic rings. The lowest BCUT2D eigenvalue weighted by molar-refractivity contribution is -0.138. The molecule has 0 bridgehead atoms. The van der Waals surface area contributed by atoms with Crippen molar-refractivity contribution in [2.24, 2.45) is 0 Å². The highest BCUT2D eigenvalue weighted by Gasteiger charge is 2.30. The molecule has 3 N–H and O–H groups in total. The molecule has 0 aliphatic heterocycles. The maximum atomic E-state index is 11.1. The molecule has 1 amide bonds. The molecule has 0 aromatic carbocycles. The van der Waals surface area contributed by atoms with Gasteiger partial charge >= 0.3 is 0 Å². The first-order valence-corrected chi connectivity index (χ1v) is 4.57. The Morgan fingerprint density at radius 3 is 2.00 bits per heavy atom. The van der Waals surface area contributed by atoms with Crippen LogP contribution in [-0.4, -0.2) is 57.5 Å². The lowest BCUT2D eigenvalue weighted by Crippen LogP contribution is -2.52. The number of amides is 1. The van der Waals surface area contributed by atoms with E-state index in [0.29, 0.717) is 0 Å². The van der Waals surface area contributed by atoms with E-state index in [1.807, 2.05) is 0 Å². The first-order chi connectivity index (χ1) is 6.36. The van der Waals surface area contributed by atoms with E-state index in [-0.39, 0.29) is 18.5 Å². The summed E-state index contributed by atoms with van der Waals surface area (Å²) in [6, 6.07) is -0.0721. The van der Waals surface area contributed by atoms with Crippen molar-refractivity contribution < 1.29 is 20.1 Å².